The van der Waals surface area contributed by atoms with Gasteiger partial charge in [-0.3, -0.25) is 0 Å². The third-order valence-corrected chi connectivity index (χ3v) is 3.37. The van der Waals surface area contributed by atoms with Gasteiger partial charge in [-0.1, -0.05) is 6.92 Å². The van der Waals surface area contributed by atoms with Crippen molar-refractivity contribution in [3.63, 3.8) is 0 Å². The second-order valence-electron chi connectivity index (χ2n) is 5.09. The first-order valence-corrected chi connectivity index (χ1v) is 7.16. The molecule has 0 saturated heterocycles. The molecule has 1 N–H and O–H groups in total. The summed E-state index contributed by atoms with van der Waals surface area (Å²) in [7, 11) is 0. The number of rotatable bonds is 4. The van der Waals surface area contributed by atoms with Crippen LogP contribution < -0.4 is 5.32 Å². The van der Waals surface area contributed by atoms with Gasteiger partial charge in [-0.05, 0) is 24.4 Å². The molecular formula is C12H13ClF5N5. The van der Waals surface area contributed by atoms with Crippen LogP contribution in [0.3, 0.4) is 0 Å². The Hall–Kier alpha value is -1.58. The molecule has 5 nitrogen and oxygen atoms in total. The van der Waals surface area contributed by atoms with E-state index in [0.717, 1.165) is 0 Å². The van der Waals surface area contributed by atoms with Gasteiger partial charge in [-0.25, -0.2) is 13.8 Å². The molecule has 0 amide bonds. The molecule has 0 aromatic carbocycles. The predicted molar refractivity (Wildman–Crippen MR) is 74.5 cm³/mol. The summed E-state index contributed by atoms with van der Waals surface area (Å²) in [6.45, 7) is 1.34. The Balaban J connectivity index is 2.21. The number of hydrogen-bond acceptors (Lipinski definition) is 5. The van der Waals surface area contributed by atoms with Crippen LogP contribution in [-0.4, -0.2) is 38.8 Å². The lowest BCUT2D eigenvalue weighted by molar-refractivity contribution is -0.143. The summed E-state index contributed by atoms with van der Waals surface area (Å²) in [5, 5.41) is 1.73. The van der Waals surface area contributed by atoms with Crippen molar-refractivity contribution in [1.82, 2.24) is 15.0 Å². The average molecular weight is 358 g/mol. The molecule has 0 bridgehead atoms. The maximum absolute atomic E-state index is 13.1. The smallest absolute Gasteiger partial charge is 0.342 e. The van der Waals surface area contributed by atoms with Gasteiger partial charge in [-0.2, -0.15) is 28.1 Å². The van der Waals surface area contributed by atoms with E-state index in [1.807, 2.05) is 0 Å². The summed E-state index contributed by atoms with van der Waals surface area (Å²) < 4.78 is 64.4. The molecule has 128 valence electrons. The molecular weight excluding hydrogens is 345 g/mol. The van der Waals surface area contributed by atoms with Gasteiger partial charge in [0.25, 0.3) is 11.9 Å². The maximum Gasteiger partial charge on any atom is 0.408 e. The Morgan fingerprint density at radius 2 is 2.00 bits per heavy atom. The van der Waals surface area contributed by atoms with Gasteiger partial charge < -0.3 is 5.32 Å². The molecule has 23 heavy (non-hydrogen) atoms. The fraction of sp³-hybridized carbons (Fsp3) is 0.667. The fourth-order valence-corrected chi connectivity index (χ4v) is 2.22. The minimum atomic E-state index is -4.49. The van der Waals surface area contributed by atoms with Crippen molar-refractivity contribution in [2.75, 3.05) is 5.32 Å². The van der Waals surface area contributed by atoms with Crippen LogP contribution in [-0.2, 0) is 0 Å². The zero-order valence-electron chi connectivity index (χ0n) is 12.0. The van der Waals surface area contributed by atoms with Crippen molar-refractivity contribution in [2.24, 2.45) is 4.99 Å². The maximum atomic E-state index is 13.1. The zero-order valence-corrected chi connectivity index (χ0v) is 12.7. The van der Waals surface area contributed by atoms with Crippen LogP contribution in [0.4, 0.5) is 33.8 Å². The van der Waals surface area contributed by atoms with Crippen molar-refractivity contribution in [2.45, 2.75) is 50.7 Å². The number of alkyl halides is 5. The standard InChI is InChI=1S/C12H13ClF5N5/c1-2-7(12(16,17)18)20-10-22-8(13)21-9(23-10)19-6-3-4-11(14,15)5-6/h7H,2-5H2,1H3,(H,20,21,22,23)/b19-6-/t7-/m1/s1. The molecule has 1 aliphatic rings. The predicted octanol–water partition coefficient (Wildman–Crippen LogP) is 4.17. The molecule has 0 aliphatic heterocycles. The molecule has 1 aromatic heterocycles. The van der Waals surface area contributed by atoms with Crippen LogP contribution in [0.25, 0.3) is 0 Å². The fourth-order valence-electron chi connectivity index (χ4n) is 2.06. The van der Waals surface area contributed by atoms with E-state index in [9.17, 15) is 22.0 Å². The van der Waals surface area contributed by atoms with Crippen LogP contribution in [0.2, 0.25) is 5.28 Å². The minimum Gasteiger partial charge on any atom is -0.342 e. The lowest BCUT2D eigenvalue weighted by Gasteiger charge is -2.19. The number of halogens is 6. The minimum absolute atomic E-state index is 0.0687. The highest BCUT2D eigenvalue weighted by molar-refractivity contribution is 6.28. The summed E-state index contributed by atoms with van der Waals surface area (Å²) >= 11 is 5.63. The first-order valence-electron chi connectivity index (χ1n) is 6.78. The van der Waals surface area contributed by atoms with Crippen molar-refractivity contribution in [3.8, 4) is 0 Å². The molecule has 1 aliphatic carbocycles. The third-order valence-electron chi connectivity index (χ3n) is 3.20. The second-order valence-corrected chi connectivity index (χ2v) is 5.42. The first-order chi connectivity index (χ1) is 10.6. The molecule has 1 heterocycles. The molecule has 0 radical (unpaired) electrons. The number of aromatic nitrogens is 3. The van der Waals surface area contributed by atoms with Gasteiger partial charge >= 0.3 is 6.18 Å². The van der Waals surface area contributed by atoms with E-state index in [0.29, 0.717) is 0 Å². The Morgan fingerprint density at radius 3 is 2.52 bits per heavy atom. The van der Waals surface area contributed by atoms with Gasteiger partial charge in [-0.15, -0.1) is 0 Å². The highest BCUT2D eigenvalue weighted by Crippen LogP contribution is 2.34. The zero-order chi connectivity index (χ0) is 17.3. The van der Waals surface area contributed by atoms with E-state index in [2.05, 4.69) is 25.3 Å². The van der Waals surface area contributed by atoms with Crippen LogP contribution in [0.5, 0.6) is 0 Å². The van der Waals surface area contributed by atoms with Crippen molar-refractivity contribution >= 4 is 29.2 Å². The first kappa shape index (κ1) is 17.8. The topological polar surface area (TPSA) is 63.1 Å². The van der Waals surface area contributed by atoms with Crippen LogP contribution in [0, 0.1) is 0 Å². The van der Waals surface area contributed by atoms with Gasteiger partial charge in [0.05, 0.1) is 0 Å². The molecule has 2 rings (SSSR count). The third kappa shape index (κ3) is 4.95. The largest absolute Gasteiger partial charge is 0.408 e. The van der Waals surface area contributed by atoms with Gasteiger partial charge in [0.15, 0.2) is 0 Å². The van der Waals surface area contributed by atoms with Crippen molar-refractivity contribution < 1.29 is 22.0 Å². The Kier molecular flexibility index (Phi) is 5.02. The molecule has 0 unspecified atom stereocenters. The monoisotopic (exact) mass is 357 g/mol. The van der Waals surface area contributed by atoms with Crippen LogP contribution in [0.1, 0.15) is 32.6 Å². The Bertz CT molecular complexity index is 604. The lowest BCUT2D eigenvalue weighted by Crippen LogP contribution is -2.36. The number of anilines is 1. The van der Waals surface area contributed by atoms with E-state index >= 15 is 0 Å². The number of aliphatic imine (C=N–C) groups is 1. The number of nitrogens with zero attached hydrogens (tertiary/aromatic N) is 4. The number of nitrogens with one attached hydrogen (secondary N) is 1. The molecule has 1 aromatic rings. The van der Waals surface area contributed by atoms with Gasteiger partial charge in [0.1, 0.15) is 6.04 Å². The summed E-state index contributed by atoms with van der Waals surface area (Å²) in [6.07, 6.45) is -5.53. The summed E-state index contributed by atoms with van der Waals surface area (Å²) in [6, 6.07) is -1.86. The summed E-state index contributed by atoms with van der Waals surface area (Å²) in [4.78, 5) is 14.7. The van der Waals surface area contributed by atoms with E-state index in [4.69, 9.17) is 11.6 Å². The molecule has 1 atom stereocenters. The van der Waals surface area contributed by atoms with E-state index in [1.165, 1.54) is 6.92 Å². The lowest BCUT2D eigenvalue weighted by atomic mass is 10.2. The molecule has 11 heteroatoms. The van der Waals surface area contributed by atoms with Gasteiger partial charge in [0, 0.05) is 18.6 Å². The summed E-state index contributed by atoms with van der Waals surface area (Å²) in [5.74, 6) is -3.53. The van der Waals surface area contributed by atoms with Crippen LogP contribution in [0.15, 0.2) is 4.99 Å². The normalized spacial score (nSPS) is 20.7. The van der Waals surface area contributed by atoms with E-state index in [-0.39, 0.29) is 36.2 Å². The van der Waals surface area contributed by atoms with E-state index < -0.39 is 30.5 Å². The quantitative estimate of drug-likeness (QED) is 0.821. The number of hydrogen-bond donors (Lipinski definition) is 1. The van der Waals surface area contributed by atoms with Crippen LogP contribution >= 0.6 is 11.6 Å². The van der Waals surface area contributed by atoms with Gasteiger partial charge in [0.2, 0.25) is 11.2 Å². The molecule has 0 spiro atoms. The van der Waals surface area contributed by atoms with E-state index in [1.54, 1.807) is 0 Å². The van der Waals surface area contributed by atoms with Crippen molar-refractivity contribution in [1.29, 1.82) is 0 Å². The Labute approximate surface area is 133 Å². The second kappa shape index (κ2) is 6.50. The average Bonchev–Trinajstić information content (AvgIpc) is 2.73. The highest BCUT2D eigenvalue weighted by Gasteiger charge is 2.39. The Morgan fingerprint density at radius 1 is 1.30 bits per heavy atom. The molecule has 1 fully saturated rings. The van der Waals surface area contributed by atoms with Crippen molar-refractivity contribution in [3.05, 3.63) is 5.28 Å². The highest BCUT2D eigenvalue weighted by atomic mass is 35.5. The summed E-state index contributed by atoms with van der Waals surface area (Å²) in [5.41, 5.74) is 0.172. The SMILES string of the molecule is CC[C@@H](Nc1nc(Cl)nc(/N=C2/CCC(F)(F)C2)n1)C(F)(F)F. The molecule has 1 saturated carbocycles.